The molecule has 11 nitrogen and oxygen atoms in total. The molecule has 1 saturated carbocycles. The molecule has 0 radical (unpaired) electrons. The number of rotatable bonds is 6. The molecule has 2 fully saturated rings. The van der Waals surface area contributed by atoms with Gasteiger partial charge in [0.25, 0.3) is 11.8 Å². The average Bonchev–Trinajstić information content (AvgIpc) is 3.60. The van der Waals surface area contributed by atoms with Crippen LogP contribution in [0.4, 0.5) is 16.7 Å². The summed E-state index contributed by atoms with van der Waals surface area (Å²) in [5.41, 5.74) is 9.90. The van der Waals surface area contributed by atoms with Crippen molar-refractivity contribution in [2.75, 3.05) is 41.8 Å². The summed E-state index contributed by atoms with van der Waals surface area (Å²) in [7, 11) is 0. The van der Waals surface area contributed by atoms with Gasteiger partial charge in [-0.25, -0.2) is 9.98 Å². The van der Waals surface area contributed by atoms with Crippen LogP contribution in [0.15, 0.2) is 64.0 Å². The number of thiazole rings is 1. The first-order chi connectivity index (χ1) is 19.6. The van der Waals surface area contributed by atoms with E-state index >= 15 is 0 Å². The number of para-hydroxylation sites is 1. The van der Waals surface area contributed by atoms with Crippen molar-refractivity contribution in [1.82, 2.24) is 15.2 Å². The largest absolute Gasteiger partial charge is 0.402 e. The van der Waals surface area contributed by atoms with Crippen LogP contribution in [0, 0.1) is 0 Å². The van der Waals surface area contributed by atoms with E-state index in [9.17, 15) is 4.79 Å². The fourth-order valence-electron chi connectivity index (χ4n) is 5.09. The number of hydrogen-bond acceptors (Lipinski definition) is 11. The van der Waals surface area contributed by atoms with Gasteiger partial charge in [0, 0.05) is 24.2 Å². The van der Waals surface area contributed by atoms with E-state index in [1.165, 1.54) is 0 Å². The molecular formula is C28H28N8O3S. The number of aliphatic imine (C=N–C) groups is 1. The maximum Gasteiger partial charge on any atom is 0.317 e. The van der Waals surface area contributed by atoms with Crippen LogP contribution >= 0.6 is 11.3 Å². The number of benzodiazepines with no additional fused rings is 1. The van der Waals surface area contributed by atoms with Crippen LogP contribution in [-0.4, -0.2) is 59.3 Å². The Morgan fingerprint density at radius 3 is 2.60 bits per heavy atom. The number of hydrogen-bond donors (Lipinski definition) is 3. The summed E-state index contributed by atoms with van der Waals surface area (Å²) in [6, 6.07) is 17.4. The molecule has 1 atom stereocenters. The van der Waals surface area contributed by atoms with Crippen molar-refractivity contribution in [1.29, 1.82) is 0 Å². The minimum absolute atomic E-state index is 0.0749. The summed E-state index contributed by atoms with van der Waals surface area (Å²) in [4.78, 5) is 25.2. The predicted octanol–water partition coefficient (Wildman–Crippen LogP) is 3.60. The van der Waals surface area contributed by atoms with Crippen molar-refractivity contribution < 1.29 is 13.9 Å². The zero-order valence-corrected chi connectivity index (χ0v) is 22.5. The van der Waals surface area contributed by atoms with E-state index in [4.69, 9.17) is 24.9 Å². The molecule has 2 aromatic heterocycles. The number of carbonyl (C=O) groups is 1. The summed E-state index contributed by atoms with van der Waals surface area (Å²) in [6.07, 6.45) is 1.90. The van der Waals surface area contributed by atoms with Gasteiger partial charge in [-0.2, -0.15) is 0 Å². The Labute approximate surface area is 234 Å². The van der Waals surface area contributed by atoms with Crippen molar-refractivity contribution in [3.05, 3.63) is 70.7 Å². The lowest BCUT2D eigenvalue weighted by Crippen LogP contribution is -2.43. The van der Waals surface area contributed by atoms with E-state index in [-0.39, 0.29) is 17.8 Å². The third kappa shape index (κ3) is 4.53. The van der Waals surface area contributed by atoms with Crippen LogP contribution in [0.1, 0.15) is 35.4 Å². The Bertz CT molecular complexity index is 1570. The van der Waals surface area contributed by atoms with Gasteiger partial charge in [-0.05, 0) is 25.3 Å². The van der Waals surface area contributed by atoms with E-state index in [0.29, 0.717) is 30.3 Å². The SMILES string of the molecule is NC1(c2nc(-c3nnc(NC4N=C(c5ccccc5)c5ccccc5NC4=O)o3)c(N3CCOCC3)s2)CCC1. The minimum atomic E-state index is -0.997. The van der Waals surface area contributed by atoms with Gasteiger partial charge >= 0.3 is 6.01 Å². The summed E-state index contributed by atoms with van der Waals surface area (Å²) < 4.78 is 11.6. The highest BCUT2D eigenvalue weighted by Gasteiger charge is 2.39. The average molecular weight is 557 g/mol. The maximum absolute atomic E-state index is 13.2. The minimum Gasteiger partial charge on any atom is -0.402 e. The number of amides is 1. The van der Waals surface area contributed by atoms with E-state index in [2.05, 4.69) is 25.7 Å². The monoisotopic (exact) mass is 556 g/mol. The van der Waals surface area contributed by atoms with E-state index in [1.807, 2.05) is 54.6 Å². The number of carbonyl (C=O) groups excluding carboxylic acids is 1. The smallest absolute Gasteiger partial charge is 0.317 e. The second-order valence-electron chi connectivity index (χ2n) is 10.1. The van der Waals surface area contributed by atoms with Crippen molar-refractivity contribution in [2.24, 2.45) is 10.7 Å². The van der Waals surface area contributed by atoms with E-state index in [1.54, 1.807) is 11.3 Å². The molecule has 12 heteroatoms. The fourth-order valence-corrected chi connectivity index (χ4v) is 6.36. The van der Waals surface area contributed by atoms with Crippen LogP contribution in [0.3, 0.4) is 0 Å². The molecule has 204 valence electrons. The van der Waals surface area contributed by atoms with Gasteiger partial charge in [0.2, 0.25) is 6.17 Å². The van der Waals surface area contributed by atoms with Crippen LogP contribution < -0.4 is 21.3 Å². The lowest BCUT2D eigenvalue weighted by Gasteiger charge is -2.36. The number of nitrogens with two attached hydrogens (primary N) is 1. The molecule has 4 aromatic rings. The number of ether oxygens (including phenoxy) is 1. The maximum atomic E-state index is 13.2. The third-order valence-corrected chi connectivity index (χ3v) is 8.80. The van der Waals surface area contributed by atoms with Gasteiger partial charge in [0.1, 0.15) is 10.0 Å². The molecule has 4 N–H and O–H groups in total. The van der Waals surface area contributed by atoms with Crippen molar-refractivity contribution in [3.8, 4) is 11.6 Å². The number of nitrogens with zero attached hydrogens (tertiary/aromatic N) is 5. The van der Waals surface area contributed by atoms with Gasteiger partial charge in [-0.3, -0.25) is 4.79 Å². The summed E-state index contributed by atoms with van der Waals surface area (Å²) in [5, 5.41) is 16.3. The summed E-state index contributed by atoms with van der Waals surface area (Å²) >= 11 is 1.58. The number of fused-ring (bicyclic) bond motifs is 1. The Kier molecular flexibility index (Phi) is 6.29. The van der Waals surface area contributed by atoms with Crippen LogP contribution in [-0.2, 0) is 15.1 Å². The van der Waals surface area contributed by atoms with E-state index < -0.39 is 11.7 Å². The Morgan fingerprint density at radius 2 is 1.82 bits per heavy atom. The molecule has 2 aromatic carbocycles. The molecule has 1 amide bonds. The predicted molar refractivity (Wildman–Crippen MR) is 153 cm³/mol. The molecule has 3 aliphatic rings. The molecule has 1 saturated heterocycles. The first-order valence-electron chi connectivity index (χ1n) is 13.3. The van der Waals surface area contributed by atoms with Crippen molar-refractivity contribution >= 4 is 39.7 Å². The standard InChI is InChI=1S/C28H28N8O3S/c29-28(11-6-12-28)26-32-21(25(40-26)36-13-15-38-16-14-36)24-34-35-27(39-24)33-22-23(37)30-19-10-5-4-9-18(19)20(31-22)17-7-2-1-3-8-17/h1-5,7-10,22H,6,11-16,29H2,(H,30,37)(H,33,35). The molecule has 2 aliphatic heterocycles. The normalized spacial score (nSPS) is 20.1. The Balaban J connectivity index is 1.21. The lowest BCUT2D eigenvalue weighted by atomic mass is 9.78. The highest BCUT2D eigenvalue weighted by atomic mass is 32.1. The topological polar surface area (TPSA) is 144 Å². The van der Waals surface area contributed by atoms with Crippen LogP contribution in [0.2, 0.25) is 0 Å². The lowest BCUT2D eigenvalue weighted by molar-refractivity contribution is -0.116. The van der Waals surface area contributed by atoms with Gasteiger partial charge in [0.15, 0.2) is 5.69 Å². The van der Waals surface area contributed by atoms with E-state index in [0.717, 1.165) is 53.5 Å². The first-order valence-corrected chi connectivity index (χ1v) is 14.2. The molecule has 0 bridgehead atoms. The number of aromatic nitrogens is 3. The van der Waals surface area contributed by atoms with Crippen LogP contribution in [0.25, 0.3) is 11.6 Å². The zero-order valence-electron chi connectivity index (χ0n) is 21.7. The van der Waals surface area contributed by atoms with Crippen molar-refractivity contribution in [3.63, 3.8) is 0 Å². The Morgan fingerprint density at radius 1 is 1.05 bits per heavy atom. The molecular weight excluding hydrogens is 528 g/mol. The molecule has 1 aliphatic carbocycles. The number of morpholine rings is 1. The Hall–Kier alpha value is -4.13. The highest BCUT2D eigenvalue weighted by molar-refractivity contribution is 7.16. The quantitative estimate of drug-likeness (QED) is 0.324. The third-order valence-electron chi connectivity index (χ3n) is 7.46. The summed E-state index contributed by atoms with van der Waals surface area (Å²) in [5.74, 6) is -0.0721. The molecule has 0 spiro atoms. The highest BCUT2D eigenvalue weighted by Crippen LogP contribution is 2.46. The van der Waals surface area contributed by atoms with Crippen LogP contribution in [0.5, 0.6) is 0 Å². The molecule has 1 unspecified atom stereocenters. The first kappa shape index (κ1) is 24.9. The fraction of sp³-hybridized carbons (Fsp3) is 0.321. The second kappa shape index (κ2) is 10.1. The van der Waals surface area contributed by atoms with Crippen molar-refractivity contribution in [2.45, 2.75) is 31.0 Å². The number of benzene rings is 2. The van der Waals surface area contributed by atoms with Gasteiger partial charge < -0.3 is 30.4 Å². The molecule has 7 rings (SSSR count). The second-order valence-corrected chi connectivity index (χ2v) is 11.1. The zero-order chi connectivity index (χ0) is 27.1. The van der Waals surface area contributed by atoms with Gasteiger partial charge in [0.05, 0.1) is 30.2 Å². The molecule has 4 heterocycles. The van der Waals surface area contributed by atoms with Gasteiger partial charge in [-0.15, -0.1) is 5.10 Å². The number of nitrogens with one attached hydrogen (secondary N) is 2. The molecule has 40 heavy (non-hydrogen) atoms. The summed E-state index contributed by atoms with van der Waals surface area (Å²) in [6.45, 7) is 2.76. The van der Waals surface area contributed by atoms with Gasteiger partial charge in [-0.1, -0.05) is 65.0 Å². The number of anilines is 3.